The summed E-state index contributed by atoms with van der Waals surface area (Å²) in [5.41, 5.74) is 5.21. The van der Waals surface area contributed by atoms with E-state index < -0.39 is 43.4 Å². The second kappa shape index (κ2) is 6.70. The highest BCUT2D eigenvalue weighted by molar-refractivity contribution is 8.06. The van der Waals surface area contributed by atoms with Gasteiger partial charge in [-0.3, -0.25) is 18.9 Å². The predicted octanol–water partition coefficient (Wildman–Crippen LogP) is -1.80. The standard InChI is InChI=1S/C11H16N5O7PS/c1-21-7-6(23-24(19,20)25)4(2-17)22-10(7)16-3-13-5-8(16)14-11(12)15-9(5)18/h3-4,6-7,10,17H,2H2,1H3,(H2,19,20,25)(H3,12,14,15,18)/t4-,6+,7-,10-/m1/s1. The molecule has 0 aromatic carbocycles. The monoisotopic (exact) mass is 393 g/mol. The van der Waals surface area contributed by atoms with Crippen LogP contribution in [0.3, 0.4) is 0 Å². The number of nitrogens with zero attached hydrogens (tertiary/aromatic N) is 3. The minimum absolute atomic E-state index is 0.0343. The van der Waals surface area contributed by atoms with Gasteiger partial charge in [-0.05, 0) is 11.8 Å². The summed E-state index contributed by atoms with van der Waals surface area (Å²) in [5, 5.41) is 9.50. The Morgan fingerprint density at radius 3 is 2.84 bits per heavy atom. The van der Waals surface area contributed by atoms with Crippen molar-refractivity contribution in [3.63, 3.8) is 0 Å². The predicted molar refractivity (Wildman–Crippen MR) is 87.9 cm³/mol. The Labute approximate surface area is 145 Å². The molecule has 6 N–H and O–H groups in total. The van der Waals surface area contributed by atoms with Crippen LogP contribution in [0, 0.1) is 0 Å². The molecule has 1 aliphatic heterocycles. The zero-order valence-corrected chi connectivity index (χ0v) is 14.6. The zero-order chi connectivity index (χ0) is 18.4. The normalized spacial score (nSPS) is 27.2. The number of aliphatic hydroxyl groups is 1. The van der Waals surface area contributed by atoms with E-state index in [1.165, 1.54) is 18.0 Å². The third-order valence-corrected chi connectivity index (χ3v) is 4.50. The number of rotatable bonds is 5. The number of aromatic amines is 1. The second-order valence-electron chi connectivity index (χ2n) is 5.28. The molecule has 3 rings (SSSR count). The first-order valence-electron chi connectivity index (χ1n) is 7.00. The number of methoxy groups -OCH3 is 1. The molecule has 0 spiro atoms. The SMILES string of the molecule is CO[C@@H]1[C@@H](OP(O)(O)=S)[C@@H](CO)O[C@H]1n1cnc2c(=O)[nH]c(N)nc21. The van der Waals surface area contributed by atoms with Gasteiger partial charge in [0.1, 0.15) is 18.3 Å². The molecule has 2 aromatic rings. The van der Waals surface area contributed by atoms with Crippen LogP contribution in [0.15, 0.2) is 11.1 Å². The van der Waals surface area contributed by atoms with Gasteiger partial charge in [-0.25, -0.2) is 4.98 Å². The van der Waals surface area contributed by atoms with Crippen LogP contribution in [-0.4, -0.2) is 66.4 Å². The molecule has 12 nitrogen and oxygen atoms in total. The topological polar surface area (TPSA) is 178 Å². The number of nitrogens with one attached hydrogen (secondary N) is 1. The summed E-state index contributed by atoms with van der Waals surface area (Å²) in [7, 11) is 1.35. The number of hydrogen-bond donors (Lipinski definition) is 5. The lowest BCUT2D eigenvalue weighted by Crippen LogP contribution is -2.36. The average molecular weight is 393 g/mol. The molecule has 0 bridgehead atoms. The summed E-state index contributed by atoms with van der Waals surface area (Å²) in [6.45, 7) is -4.52. The van der Waals surface area contributed by atoms with Gasteiger partial charge >= 0.3 is 6.72 Å². The van der Waals surface area contributed by atoms with Gasteiger partial charge in [0.15, 0.2) is 17.4 Å². The van der Waals surface area contributed by atoms with Crippen molar-refractivity contribution < 1.29 is 28.9 Å². The Balaban J connectivity index is 2.05. The Kier molecular flexibility index (Phi) is 4.92. The summed E-state index contributed by atoms with van der Waals surface area (Å²) in [5.74, 6) is -0.112. The summed E-state index contributed by atoms with van der Waals surface area (Å²) in [6, 6.07) is 0. The molecule has 25 heavy (non-hydrogen) atoms. The number of ether oxygens (including phenoxy) is 2. The van der Waals surface area contributed by atoms with Crippen LogP contribution in [0.2, 0.25) is 0 Å². The van der Waals surface area contributed by atoms with E-state index in [9.17, 15) is 19.7 Å². The first-order chi connectivity index (χ1) is 11.7. The first-order valence-corrected chi connectivity index (χ1v) is 9.63. The van der Waals surface area contributed by atoms with Gasteiger partial charge in [0.2, 0.25) is 5.95 Å². The largest absolute Gasteiger partial charge is 0.394 e. The van der Waals surface area contributed by atoms with Crippen LogP contribution in [0.4, 0.5) is 5.95 Å². The summed E-state index contributed by atoms with van der Waals surface area (Å²) in [4.78, 5) is 41.1. The summed E-state index contributed by atoms with van der Waals surface area (Å²) in [6.07, 6.45) is -2.52. The maximum Gasteiger partial charge on any atom is 0.322 e. The molecule has 4 atom stereocenters. The first kappa shape index (κ1) is 18.4. The highest BCUT2D eigenvalue weighted by Crippen LogP contribution is 2.45. The summed E-state index contributed by atoms with van der Waals surface area (Å²) < 4.78 is 17.5. The Morgan fingerprint density at radius 2 is 2.24 bits per heavy atom. The van der Waals surface area contributed by atoms with Gasteiger partial charge in [0.05, 0.1) is 12.9 Å². The number of aromatic nitrogens is 4. The van der Waals surface area contributed by atoms with Crippen molar-refractivity contribution in [1.82, 2.24) is 19.5 Å². The number of H-pyrrole nitrogens is 1. The molecule has 0 saturated carbocycles. The van der Waals surface area contributed by atoms with E-state index in [1.807, 2.05) is 0 Å². The molecule has 1 saturated heterocycles. The Bertz CT molecular complexity index is 881. The number of aliphatic hydroxyl groups excluding tert-OH is 1. The quantitative estimate of drug-likeness (QED) is 0.362. The average Bonchev–Trinajstić information content (AvgIpc) is 3.06. The number of hydrogen-bond acceptors (Lipinski definition) is 9. The minimum atomic E-state index is -4.04. The fourth-order valence-corrected chi connectivity index (χ4v) is 3.62. The molecule has 3 heterocycles. The zero-order valence-electron chi connectivity index (χ0n) is 12.8. The lowest BCUT2D eigenvalue weighted by atomic mass is 10.1. The fourth-order valence-electron chi connectivity index (χ4n) is 2.74. The van der Waals surface area contributed by atoms with E-state index in [4.69, 9.17) is 19.7 Å². The highest BCUT2D eigenvalue weighted by Gasteiger charge is 2.48. The molecule has 0 radical (unpaired) electrons. The van der Waals surface area contributed by atoms with Crippen LogP contribution in [-0.2, 0) is 25.8 Å². The van der Waals surface area contributed by atoms with E-state index in [0.717, 1.165) is 0 Å². The molecule has 1 aliphatic rings. The van der Waals surface area contributed by atoms with Crippen molar-refractivity contribution in [2.45, 2.75) is 24.5 Å². The third kappa shape index (κ3) is 3.45. The van der Waals surface area contributed by atoms with Crippen molar-refractivity contribution >= 4 is 35.6 Å². The molecular weight excluding hydrogens is 377 g/mol. The molecule has 0 unspecified atom stereocenters. The van der Waals surface area contributed by atoms with Crippen molar-refractivity contribution in [2.75, 3.05) is 19.5 Å². The van der Waals surface area contributed by atoms with Gasteiger partial charge < -0.3 is 30.1 Å². The number of nitrogens with two attached hydrogens (primary N) is 1. The fraction of sp³-hybridized carbons (Fsp3) is 0.545. The van der Waals surface area contributed by atoms with E-state index in [0.29, 0.717) is 0 Å². The van der Waals surface area contributed by atoms with Gasteiger partial charge in [0.25, 0.3) is 5.56 Å². The number of imidazole rings is 1. The van der Waals surface area contributed by atoms with Gasteiger partial charge in [-0.2, -0.15) is 4.98 Å². The highest BCUT2D eigenvalue weighted by atomic mass is 32.5. The number of nitrogen functional groups attached to an aromatic ring is 1. The minimum Gasteiger partial charge on any atom is -0.394 e. The number of anilines is 1. The molecule has 138 valence electrons. The van der Waals surface area contributed by atoms with Crippen molar-refractivity contribution in [3.05, 3.63) is 16.7 Å². The smallest absolute Gasteiger partial charge is 0.322 e. The van der Waals surface area contributed by atoms with Crippen molar-refractivity contribution in [3.8, 4) is 0 Å². The Hall–Kier alpha value is -1.44. The molecule has 0 aliphatic carbocycles. The Morgan fingerprint density at radius 1 is 1.52 bits per heavy atom. The van der Waals surface area contributed by atoms with Crippen molar-refractivity contribution in [2.24, 2.45) is 0 Å². The van der Waals surface area contributed by atoms with Gasteiger partial charge in [0, 0.05) is 7.11 Å². The maximum atomic E-state index is 11.9. The van der Waals surface area contributed by atoms with Crippen molar-refractivity contribution in [1.29, 1.82) is 0 Å². The van der Waals surface area contributed by atoms with Crippen LogP contribution in [0.25, 0.3) is 11.2 Å². The van der Waals surface area contributed by atoms with Crippen LogP contribution >= 0.6 is 6.72 Å². The van der Waals surface area contributed by atoms with E-state index in [1.54, 1.807) is 0 Å². The molecule has 1 fully saturated rings. The third-order valence-electron chi connectivity index (χ3n) is 3.72. The van der Waals surface area contributed by atoms with Crippen LogP contribution < -0.4 is 11.3 Å². The van der Waals surface area contributed by atoms with Gasteiger partial charge in [-0.1, -0.05) is 0 Å². The number of fused-ring (bicyclic) bond motifs is 1. The van der Waals surface area contributed by atoms with E-state index >= 15 is 0 Å². The lowest BCUT2D eigenvalue weighted by molar-refractivity contribution is -0.0583. The molecular formula is C11H16N5O7PS. The molecule has 0 amide bonds. The van der Waals surface area contributed by atoms with Crippen LogP contribution in [0.5, 0.6) is 0 Å². The lowest BCUT2D eigenvalue weighted by Gasteiger charge is -2.24. The second-order valence-corrected chi connectivity index (χ2v) is 7.90. The maximum absolute atomic E-state index is 11.9. The van der Waals surface area contributed by atoms with Crippen LogP contribution in [0.1, 0.15) is 6.23 Å². The molecule has 2 aromatic heterocycles. The van der Waals surface area contributed by atoms with E-state index in [-0.39, 0.29) is 17.1 Å². The van der Waals surface area contributed by atoms with Gasteiger partial charge in [-0.15, -0.1) is 0 Å². The summed E-state index contributed by atoms with van der Waals surface area (Å²) >= 11 is 4.49. The van der Waals surface area contributed by atoms with E-state index in [2.05, 4.69) is 26.8 Å². The molecule has 14 heteroatoms.